The molecule has 0 radical (unpaired) electrons. The van der Waals surface area contributed by atoms with Crippen LogP contribution in [-0.2, 0) is 6.42 Å². The molecule has 94 valence electrons. The van der Waals surface area contributed by atoms with E-state index >= 15 is 0 Å². The van der Waals surface area contributed by atoms with E-state index in [1.807, 2.05) is 19.9 Å². The van der Waals surface area contributed by atoms with Crippen molar-refractivity contribution >= 4 is 29.0 Å². The summed E-state index contributed by atoms with van der Waals surface area (Å²) in [6.07, 6.45) is 0.812. The Labute approximate surface area is 116 Å². The van der Waals surface area contributed by atoms with Crippen LogP contribution in [0, 0.1) is 6.92 Å². The molecule has 0 saturated carbocycles. The summed E-state index contributed by atoms with van der Waals surface area (Å²) >= 11 is 11.9. The fraction of sp³-hybridized carbons (Fsp3) is 0.231. The van der Waals surface area contributed by atoms with Crippen LogP contribution in [0.5, 0.6) is 0 Å². The van der Waals surface area contributed by atoms with Gasteiger partial charge in [0.25, 0.3) is 0 Å². The molecule has 0 saturated heterocycles. The molecule has 1 aromatic heterocycles. The van der Waals surface area contributed by atoms with Gasteiger partial charge < -0.3 is 5.73 Å². The fourth-order valence-electron chi connectivity index (χ4n) is 1.69. The van der Waals surface area contributed by atoms with Gasteiger partial charge in [-0.1, -0.05) is 30.1 Å². The molecule has 0 spiro atoms. The number of nitrogens with zero attached hydrogens (tertiary/aromatic N) is 2. The zero-order valence-electron chi connectivity index (χ0n) is 10.2. The van der Waals surface area contributed by atoms with Crippen molar-refractivity contribution in [1.82, 2.24) is 9.97 Å². The quantitative estimate of drug-likeness (QED) is 0.908. The number of nitrogens with two attached hydrogens (primary N) is 1. The molecule has 2 rings (SSSR count). The molecular weight excluding hydrogens is 269 g/mol. The highest BCUT2D eigenvalue weighted by molar-refractivity contribution is 6.42. The lowest BCUT2D eigenvalue weighted by Crippen LogP contribution is -2.04. The second-order valence-electron chi connectivity index (χ2n) is 3.99. The van der Waals surface area contributed by atoms with E-state index in [0.717, 1.165) is 23.2 Å². The van der Waals surface area contributed by atoms with Gasteiger partial charge in [-0.05, 0) is 31.5 Å². The zero-order valence-corrected chi connectivity index (χ0v) is 11.7. The fourth-order valence-corrected chi connectivity index (χ4v) is 1.99. The van der Waals surface area contributed by atoms with Crippen molar-refractivity contribution in [1.29, 1.82) is 0 Å². The van der Waals surface area contributed by atoms with Crippen LogP contribution in [0.15, 0.2) is 18.2 Å². The molecule has 0 aliphatic rings. The third-order valence-electron chi connectivity index (χ3n) is 2.80. The van der Waals surface area contributed by atoms with Gasteiger partial charge in [0.1, 0.15) is 5.82 Å². The van der Waals surface area contributed by atoms with Crippen LogP contribution in [-0.4, -0.2) is 9.97 Å². The van der Waals surface area contributed by atoms with E-state index in [4.69, 9.17) is 28.9 Å². The number of nitrogen functional groups attached to an aromatic ring is 1. The average molecular weight is 282 g/mol. The number of hydrogen-bond donors (Lipinski definition) is 1. The second kappa shape index (κ2) is 5.12. The van der Waals surface area contributed by atoms with Gasteiger partial charge in [0.05, 0.1) is 10.0 Å². The molecule has 18 heavy (non-hydrogen) atoms. The summed E-state index contributed by atoms with van der Waals surface area (Å²) in [5.74, 6) is 1.08. The largest absolute Gasteiger partial charge is 0.383 e. The molecule has 0 fully saturated rings. The van der Waals surface area contributed by atoms with Gasteiger partial charge in [0.15, 0.2) is 5.82 Å². The number of anilines is 1. The van der Waals surface area contributed by atoms with E-state index in [9.17, 15) is 0 Å². The first-order valence-corrected chi connectivity index (χ1v) is 6.37. The minimum absolute atomic E-state index is 0.481. The van der Waals surface area contributed by atoms with E-state index in [1.54, 1.807) is 12.1 Å². The van der Waals surface area contributed by atoms with E-state index < -0.39 is 0 Å². The van der Waals surface area contributed by atoms with Gasteiger partial charge >= 0.3 is 0 Å². The molecule has 0 bridgehead atoms. The van der Waals surface area contributed by atoms with Crippen LogP contribution in [0.2, 0.25) is 10.0 Å². The normalized spacial score (nSPS) is 10.7. The van der Waals surface area contributed by atoms with Crippen molar-refractivity contribution in [2.24, 2.45) is 0 Å². The molecule has 0 aliphatic heterocycles. The summed E-state index contributed by atoms with van der Waals surface area (Å²) in [6.45, 7) is 3.96. The third-order valence-corrected chi connectivity index (χ3v) is 3.54. The van der Waals surface area contributed by atoms with Crippen molar-refractivity contribution in [2.45, 2.75) is 20.3 Å². The predicted octanol–water partition coefficient (Wildman–Crippen LogP) is 3.90. The highest BCUT2D eigenvalue weighted by Gasteiger charge is 2.10. The van der Waals surface area contributed by atoms with E-state index in [-0.39, 0.29) is 0 Å². The van der Waals surface area contributed by atoms with Crippen molar-refractivity contribution in [3.63, 3.8) is 0 Å². The third kappa shape index (κ3) is 2.42. The monoisotopic (exact) mass is 281 g/mol. The summed E-state index contributed by atoms with van der Waals surface area (Å²) in [7, 11) is 0. The van der Waals surface area contributed by atoms with Gasteiger partial charge in [0, 0.05) is 16.8 Å². The number of hydrogen-bond acceptors (Lipinski definition) is 3. The van der Waals surface area contributed by atoms with Crippen LogP contribution >= 0.6 is 23.2 Å². The number of aromatic nitrogens is 2. The van der Waals surface area contributed by atoms with E-state index in [1.165, 1.54) is 0 Å². The van der Waals surface area contributed by atoms with Crippen LogP contribution in [0.1, 0.15) is 18.2 Å². The molecule has 2 N–H and O–H groups in total. The number of benzene rings is 1. The molecule has 3 nitrogen and oxygen atoms in total. The number of aryl methyl sites for hydroxylation is 1. The lowest BCUT2D eigenvalue weighted by molar-refractivity contribution is 0.982. The summed E-state index contributed by atoms with van der Waals surface area (Å²) in [5.41, 5.74) is 8.58. The Hall–Kier alpha value is -1.32. The van der Waals surface area contributed by atoms with E-state index in [2.05, 4.69) is 9.97 Å². The van der Waals surface area contributed by atoms with E-state index in [0.29, 0.717) is 21.7 Å². The van der Waals surface area contributed by atoms with Crippen LogP contribution < -0.4 is 5.73 Å². The molecule has 2 aromatic rings. The van der Waals surface area contributed by atoms with Gasteiger partial charge in [-0.3, -0.25) is 0 Å². The Bertz CT molecular complexity index is 597. The molecule has 5 heteroatoms. The summed E-state index contributed by atoms with van der Waals surface area (Å²) < 4.78 is 0. The average Bonchev–Trinajstić information content (AvgIpc) is 2.36. The Kier molecular flexibility index (Phi) is 3.73. The van der Waals surface area contributed by atoms with Gasteiger partial charge in [0.2, 0.25) is 0 Å². The summed E-state index contributed by atoms with van der Waals surface area (Å²) in [4.78, 5) is 8.79. The van der Waals surface area contributed by atoms with Crippen LogP contribution in [0.25, 0.3) is 11.4 Å². The van der Waals surface area contributed by atoms with Crippen LogP contribution in [0.3, 0.4) is 0 Å². The first kappa shape index (κ1) is 13.1. The van der Waals surface area contributed by atoms with Crippen LogP contribution in [0.4, 0.5) is 5.82 Å². The molecule has 0 aliphatic carbocycles. The van der Waals surface area contributed by atoms with Gasteiger partial charge in [-0.15, -0.1) is 0 Å². The van der Waals surface area contributed by atoms with Crippen molar-refractivity contribution < 1.29 is 0 Å². The molecule has 0 unspecified atom stereocenters. The lowest BCUT2D eigenvalue weighted by Gasteiger charge is -2.09. The minimum Gasteiger partial charge on any atom is -0.383 e. The van der Waals surface area contributed by atoms with Gasteiger partial charge in [-0.2, -0.15) is 0 Å². The molecular formula is C13H13Cl2N3. The summed E-state index contributed by atoms with van der Waals surface area (Å²) in [5, 5.41) is 0.992. The molecule has 0 amide bonds. The van der Waals surface area contributed by atoms with Gasteiger partial charge in [-0.25, -0.2) is 9.97 Å². The highest BCUT2D eigenvalue weighted by atomic mass is 35.5. The SMILES string of the molecule is CCc1nc(-c2ccc(Cl)c(Cl)c2)nc(N)c1C. The maximum Gasteiger partial charge on any atom is 0.161 e. The zero-order chi connectivity index (χ0) is 13.3. The first-order valence-electron chi connectivity index (χ1n) is 5.61. The van der Waals surface area contributed by atoms with Crippen molar-refractivity contribution in [3.05, 3.63) is 39.5 Å². The smallest absolute Gasteiger partial charge is 0.161 e. The predicted molar refractivity (Wildman–Crippen MR) is 76.0 cm³/mol. The molecule has 1 aromatic carbocycles. The minimum atomic E-state index is 0.481. The maximum atomic E-state index is 5.99. The molecule has 1 heterocycles. The number of halogens is 2. The number of rotatable bonds is 2. The maximum absolute atomic E-state index is 5.99. The Morgan fingerprint density at radius 1 is 1.17 bits per heavy atom. The topological polar surface area (TPSA) is 51.8 Å². The Balaban J connectivity index is 2.57. The Morgan fingerprint density at radius 3 is 2.50 bits per heavy atom. The highest BCUT2D eigenvalue weighted by Crippen LogP contribution is 2.28. The first-order chi connectivity index (χ1) is 8.52. The van der Waals surface area contributed by atoms with Crippen molar-refractivity contribution in [2.75, 3.05) is 5.73 Å². The Morgan fingerprint density at radius 2 is 1.89 bits per heavy atom. The summed E-state index contributed by atoms with van der Waals surface area (Å²) in [6, 6.07) is 5.30. The molecule has 0 atom stereocenters. The van der Waals surface area contributed by atoms with Crippen molar-refractivity contribution in [3.8, 4) is 11.4 Å². The lowest BCUT2D eigenvalue weighted by atomic mass is 10.1. The standard InChI is InChI=1S/C13H13Cl2N3/c1-3-11-7(2)12(16)18-13(17-11)8-4-5-9(14)10(15)6-8/h4-6H,3H2,1-2H3,(H2,16,17,18). The second-order valence-corrected chi connectivity index (χ2v) is 4.80.